The van der Waals surface area contributed by atoms with Crippen molar-refractivity contribution < 1.29 is 0 Å². The van der Waals surface area contributed by atoms with E-state index in [4.69, 9.17) is 0 Å². The molecule has 1 aliphatic carbocycles. The van der Waals surface area contributed by atoms with E-state index in [1.807, 2.05) is 6.20 Å². The third kappa shape index (κ3) is 3.33. The monoisotopic (exact) mass is 314 g/mol. The predicted octanol–water partition coefficient (Wildman–Crippen LogP) is 2.27. The van der Waals surface area contributed by atoms with E-state index in [1.54, 1.807) is 0 Å². The van der Waals surface area contributed by atoms with Crippen LogP contribution in [0.3, 0.4) is 0 Å². The molecule has 1 N–H and O–H groups in total. The standard InChI is InChI=1S/C13H23BrN4/c1-4-15-12(10-5-6-10)13-11(14)9-16-18(13)8-7-17(2)3/h9-10,12,15H,4-8H2,1-3H3. The highest BCUT2D eigenvalue weighted by Crippen LogP contribution is 2.42. The van der Waals surface area contributed by atoms with Gasteiger partial charge in [0.15, 0.2) is 0 Å². The summed E-state index contributed by atoms with van der Waals surface area (Å²) in [4.78, 5) is 2.19. The third-order valence-corrected chi connectivity index (χ3v) is 4.02. The average molecular weight is 315 g/mol. The second-order valence-electron chi connectivity index (χ2n) is 5.28. The Hall–Kier alpha value is -0.390. The van der Waals surface area contributed by atoms with Gasteiger partial charge in [0.1, 0.15) is 0 Å². The topological polar surface area (TPSA) is 33.1 Å². The fraction of sp³-hybridized carbons (Fsp3) is 0.769. The van der Waals surface area contributed by atoms with Gasteiger partial charge in [0.05, 0.1) is 29.0 Å². The smallest absolute Gasteiger partial charge is 0.0699 e. The molecule has 0 amide bonds. The number of hydrogen-bond donors (Lipinski definition) is 1. The molecule has 102 valence electrons. The Morgan fingerprint density at radius 1 is 1.56 bits per heavy atom. The molecule has 1 heterocycles. The predicted molar refractivity (Wildman–Crippen MR) is 77.6 cm³/mol. The first-order valence-electron chi connectivity index (χ1n) is 6.72. The van der Waals surface area contributed by atoms with Gasteiger partial charge in [-0.15, -0.1) is 0 Å². The van der Waals surface area contributed by atoms with Crippen LogP contribution >= 0.6 is 15.9 Å². The molecule has 0 aromatic carbocycles. The van der Waals surface area contributed by atoms with E-state index in [0.29, 0.717) is 6.04 Å². The van der Waals surface area contributed by atoms with E-state index in [-0.39, 0.29) is 0 Å². The van der Waals surface area contributed by atoms with Crippen LogP contribution in [0.5, 0.6) is 0 Å². The van der Waals surface area contributed by atoms with Crippen molar-refractivity contribution in [2.75, 3.05) is 27.2 Å². The highest BCUT2D eigenvalue weighted by Gasteiger charge is 2.34. The van der Waals surface area contributed by atoms with E-state index < -0.39 is 0 Å². The van der Waals surface area contributed by atoms with Crippen LogP contribution in [-0.4, -0.2) is 41.9 Å². The number of likely N-dealkylation sites (N-methyl/N-ethyl adjacent to an activating group) is 1. The molecule has 0 radical (unpaired) electrons. The highest BCUT2D eigenvalue weighted by atomic mass is 79.9. The minimum absolute atomic E-state index is 0.453. The molecule has 0 bridgehead atoms. The van der Waals surface area contributed by atoms with Crippen molar-refractivity contribution in [1.29, 1.82) is 0 Å². The zero-order valence-electron chi connectivity index (χ0n) is 11.5. The number of rotatable bonds is 7. The molecular weight excluding hydrogens is 292 g/mol. The second-order valence-corrected chi connectivity index (χ2v) is 6.13. The zero-order chi connectivity index (χ0) is 13.1. The number of nitrogens with zero attached hydrogens (tertiary/aromatic N) is 3. The summed E-state index contributed by atoms with van der Waals surface area (Å²) in [5.74, 6) is 0.788. The van der Waals surface area contributed by atoms with Gasteiger partial charge in [-0.25, -0.2) is 0 Å². The van der Waals surface area contributed by atoms with Crippen LogP contribution in [0, 0.1) is 5.92 Å². The minimum Gasteiger partial charge on any atom is -0.309 e. The van der Waals surface area contributed by atoms with E-state index in [1.165, 1.54) is 18.5 Å². The maximum atomic E-state index is 4.50. The molecule has 1 aromatic heterocycles. The largest absolute Gasteiger partial charge is 0.309 e. The zero-order valence-corrected chi connectivity index (χ0v) is 13.1. The number of nitrogens with one attached hydrogen (secondary N) is 1. The van der Waals surface area contributed by atoms with Crippen LogP contribution in [0.25, 0.3) is 0 Å². The number of aromatic nitrogens is 2. The Morgan fingerprint density at radius 3 is 2.83 bits per heavy atom. The lowest BCUT2D eigenvalue weighted by atomic mass is 10.1. The molecule has 1 fully saturated rings. The lowest BCUT2D eigenvalue weighted by Gasteiger charge is -2.20. The van der Waals surface area contributed by atoms with Gasteiger partial charge in [0.25, 0.3) is 0 Å². The van der Waals surface area contributed by atoms with Gasteiger partial charge in [0.2, 0.25) is 0 Å². The van der Waals surface area contributed by atoms with Gasteiger partial charge < -0.3 is 10.2 Å². The van der Waals surface area contributed by atoms with Gasteiger partial charge in [0, 0.05) is 6.54 Å². The Kier molecular flexibility index (Phi) is 4.81. The van der Waals surface area contributed by atoms with Crippen LogP contribution in [-0.2, 0) is 6.54 Å². The second kappa shape index (κ2) is 6.17. The van der Waals surface area contributed by atoms with Crippen molar-refractivity contribution in [2.24, 2.45) is 5.92 Å². The van der Waals surface area contributed by atoms with Gasteiger partial charge in [-0.05, 0) is 55.3 Å². The van der Waals surface area contributed by atoms with Crippen LogP contribution in [0.4, 0.5) is 0 Å². The summed E-state index contributed by atoms with van der Waals surface area (Å²) in [5, 5.41) is 8.12. The molecular formula is C13H23BrN4. The highest BCUT2D eigenvalue weighted by molar-refractivity contribution is 9.10. The quantitative estimate of drug-likeness (QED) is 0.838. The molecule has 1 unspecified atom stereocenters. The summed E-state index contributed by atoms with van der Waals surface area (Å²) < 4.78 is 3.29. The van der Waals surface area contributed by atoms with Gasteiger partial charge in [-0.3, -0.25) is 4.68 Å². The van der Waals surface area contributed by atoms with E-state index in [9.17, 15) is 0 Å². The van der Waals surface area contributed by atoms with Gasteiger partial charge in [-0.2, -0.15) is 5.10 Å². The van der Waals surface area contributed by atoms with Crippen LogP contribution in [0.1, 0.15) is 31.5 Å². The average Bonchev–Trinajstić information content (AvgIpc) is 3.09. The summed E-state index contributed by atoms with van der Waals surface area (Å²) >= 11 is 3.65. The third-order valence-electron chi connectivity index (χ3n) is 3.40. The molecule has 1 aromatic rings. The fourth-order valence-corrected chi connectivity index (χ4v) is 2.83. The first-order chi connectivity index (χ1) is 8.63. The maximum Gasteiger partial charge on any atom is 0.0699 e. The molecule has 2 rings (SSSR count). The Bertz CT molecular complexity index is 384. The Labute approximate surface area is 118 Å². The molecule has 0 aliphatic heterocycles. The summed E-state index contributed by atoms with van der Waals surface area (Å²) in [6.45, 7) is 5.14. The van der Waals surface area contributed by atoms with Crippen molar-refractivity contribution in [3.05, 3.63) is 16.4 Å². The summed E-state index contributed by atoms with van der Waals surface area (Å²) in [7, 11) is 4.20. The first kappa shape index (κ1) is 14.0. The first-order valence-corrected chi connectivity index (χ1v) is 7.52. The van der Waals surface area contributed by atoms with Crippen molar-refractivity contribution in [2.45, 2.75) is 32.4 Å². The van der Waals surface area contributed by atoms with Crippen molar-refractivity contribution in [3.63, 3.8) is 0 Å². The normalized spacial score (nSPS) is 17.4. The number of halogens is 1. The fourth-order valence-electron chi connectivity index (χ4n) is 2.29. The Balaban J connectivity index is 2.15. The van der Waals surface area contributed by atoms with E-state index >= 15 is 0 Å². The molecule has 0 saturated heterocycles. The minimum atomic E-state index is 0.453. The molecule has 4 nitrogen and oxygen atoms in total. The van der Waals surface area contributed by atoms with Crippen LogP contribution < -0.4 is 5.32 Å². The molecule has 0 spiro atoms. The van der Waals surface area contributed by atoms with Crippen LogP contribution in [0.2, 0.25) is 0 Å². The lowest BCUT2D eigenvalue weighted by Crippen LogP contribution is -2.28. The van der Waals surface area contributed by atoms with Crippen molar-refractivity contribution in [1.82, 2.24) is 20.0 Å². The maximum absolute atomic E-state index is 4.50. The van der Waals surface area contributed by atoms with E-state index in [2.05, 4.69) is 56.9 Å². The van der Waals surface area contributed by atoms with Crippen molar-refractivity contribution >= 4 is 15.9 Å². The lowest BCUT2D eigenvalue weighted by molar-refractivity contribution is 0.357. The summed E-state index contributed by atoms with van der Waals surface area (Å²) in [6.07, 6.45) is 4.60. The van der Waals surface area contributed by atoms with E-state index in [0.717, 1.165) is 30.0 Å². The molecule has 1 atom stereocenters. The molecule has 1 aliphatic rings. The van der Waals surface area contributed by atoms with Gasteiger partial charge in [-0.1, -0.05) is 6.92 Å². The van der Waals surface area contributed by atoms with Crippen molar-refractivity contribution in [3.8, 4) is 0 Å². The molecule has 18 heavy (non-hydrogen) atoms. The molecule has 1 saturated carbocycles. The summed E-state index contributed by atoms with van der Waals surface area (Å²) in [6, 6.07) is 0.453. The SMILES string of the molecule is CCNC(c1c(Br)cnn1CCN(C)C)C1CC1. The Morgan fingerprint density at radius 2 is 2.28 bits per heavy atom. The van der Waals surface area contributed by atoms with Gasteiger partial charge >= 0.3 is 0 Å². The van der Waals surface area contributed by atoms with Crippen LogP contribution in [0.15, 0.2) is 10.7 Å². The summed E-state index contributed by atoms with van der Waals surface area (Å²) in [5.41, 5.74) is 1.32. The number of hydrogen-bond acceptors (Lipinski definition) is 3. The molecule has 5 heteroatoms.